The van der Waals surface area contributed by atoms with E-state index in [-0.39, 0.29) is 31.3 Å². The van der Waals surface area contributed by atoms with Crippen LogP contribution in [0.4, 0.5) is 0 Å². The number of carbonyl (C=O) groups is 2. The van der Waals surface area contributed by atoms with Gasteiger partial charge >= 0.3 is 5.97 Å². The summed E-state index contributed by atoms with van der Waals surface area (Å²) in [5, 5.41) is 6.70. The first-order valence-corrected chi connectivity index (χ1v) is 7.89. The molecule has 2 rings (SSSR count). The Morgan fingerprint density at radius 2 is 2.09 bits per heavy atom. The highest BCUT2D eigenvalue weighted by Crippen LogP contribution is 2.22. The molecule has 2 aromatic rings. The lowest BCUT2D eigenvalue weighted by Crippen LogP contribution is -2.24. The molecular formula is C15H17N3O3S. The van der Waals surface area contributed by atoms with Gasteiger partial charge in [0.2, 0.25) is 5.91 Å². The molecule has 0 aliphatic heterocycles. The number of ether oxygens (including phenoxy) is 1. The Balaban J connectivity index is 1.89. The number of esters is 1. The fraction of sp³-hybridized carbons (Fsp3) is 0.333. The summed E-state index contributed by atoms with van der Waals surface area (Å²) in [7, 11) is 0. The van der Waals surface area contributed by atoms with Crippen molar-refractivity contribution in [1.29, 1.82) is 0 Å². The van der Waals surface area contributed by atoms with Crippen LogP contribution in [-0.4, -0.2) is 28.5 Å². The van der Waals surface area contributed by atoms with Crippen molar-refractivity contribution < 1.29 is 14.3 Å². The molecular weight excluding hydrogens is 302 g/mol. The first-order valence-electron chi connectivity index (χ1n) is 6.95. The van der Waals surface area contributed by atoms with Gasteiger partial charge in [-0.3, -0.25) is 19.6 Å². The molecule has 1 N–H and O–H groups in total. The summed E-state index contributed by atoms with van der Waals surface area (Å²) in [6.07, 6.45) is 3.40. The summed E-state index contributed by atoms with van der Waals surface area (Å²) in [6.45, 7) is 2.34. The fourth-order valence-corrected chi connectivity index (χ4v) is 2.50. The van der Waals surface area contributed by atoms with Gasteiger partial charge in [-0.05, 0) is 18.4 Å². The van der Waals surface area contributed by atoms with Crippen molar-refractivity contribution in [1.82, 2.24) is 15.3 Å². The van der Waals surface area contributed by atoms with Crippen LogP contribution in [0.1, 0.15) is 25.5 Å². The molecule has 1 amide bonds. The number of rotatable bonds is 7. The van der Waals surface area contributed by atoms with Gasteiger partial charge in [0, 0.05) is 29.8 Å². The number of nitrogens with one attached hydrogen (secondary N) is 1. The smallest absolute Gasteiger partial charge is 0.306 e. The summed E-state index contributed by atoms with van der Waals surface area (Å²) in [6, 6.07) is 1.96. The van der Waals surface area contributed by atoms with E-state index in [0.29, 0.717) is 12.3 Å². The van der Waals surface area contributed by atoms with Gasteiger partial charge in [0.15, 0.2) is 0 Å². The number of amides is 1. The van der Waals surface area contributed by atoms with E-state index >= 15 is 0 Å². The molecule has 2 aromatic heterocycles. The maximum atomic E-state index is 11.8. The van der Waals surface area contributed by atoms with Crippen LogP contribution in [-0.2, 0) is 20.9 Å². The average Bonchev–Trinajstić information content (AvgIpc) is 3.06. The molecule has 0 bridgehead atoms. The van der Waals surface area contributed by atoms with Gasteiger partial charge in [-0.1, -0.05) is 0 Å². The van der Waals surface area contributed by atoms with Gasteiger partial charge in [0.25, 0.3) is 0 Å². The van der Waals surface area contributed by atoms with Crippen LogP contribution in [0.25, 0.3) is 11.3 Å². The zero-order valence-corrected chi connectivity index (χ0v) is 13.1. The number of thiophene rings is 1. The minimum Gasteiger partial charge on any atom is -0.466 e. The molecule has 116 valence electrons. The third-order valence-electron chi connectivity index (χ3n) is 2.88. The predicted molar refractivity (Wildman–Crippen MR) is 83.1 cm³/mol. The maximum absolute atomic E-state index is 11.8. The largest absolute Gasteiger partial charge is 0.466 e. The molecule has 0 atom stereocenters. The maximum Gasteiger partial charge on any atom is 0.306 e. The molecule has 0 radical (unpaired) electrons. The molecule has 0 fully saturated rings. The van der Waals surface area contributed by atoms with E-state index in [9.17, 15) is 9.59 Å². The molecule has 0 aliphatic carbocycles. The third kappa shape index (κ3) is 4.63. The zero-order valence-electron chi connectivity index (χ0n) is 12.2. The SMILES string of the molecule is CCOC(=O)CCC(=O)NCc1nccnc1-c1ccsc1. The Kier molecular flexibility index (Phi) is 6.02. The fourth-order valence-electron chi connectivity index (χ4n) is 1.86. The number of hydrogen-bond acceptors (Lipinski definition) is 6. The van der Waals surface area contributed by atoms with Crippen molar-refractivity contribution in [2.75, 3.05) is 6.61 Å². The second-order valence-electron chi connectivity index (χ2n) is 4.45. The van der Waals surface area contributed by atoms with Gasteiger partial charge in [-0.2, -0.15) is 11.3 Å². The van der Waals surface area contributed by atoms with E-state index in [1.54, 1.807) is 30.7 Å². The Morgan fingerprint density at radius 1 is 1.27 bits per heavy atom. The highest BCUT2D eigenvalue weighted by Gasteiger charge is 2.11. The first kappa shape index (κ1) is 16.1. The molecule has 2 heterocycles. The van der Waals surface area contributed by atoms with Gasteiger partial charge in [-0.25, -0.2) is 0 Å². The van der Waals surface area contributed by atoms with Crippen molar-refractivity contribution in [3.63, 3.8) is 0 Å². The second kappa shape index (κ2) is 8.23. The third-order valence-corrected chi connectivity index (χ3v) is 3.57. The molecule has 0 aromatic carbocycles. The van der Waals surface area contributed by atoms with Gasteiger partial charge in [0.1, 0.15) is 0 Å². The summed E-state index contributed by atoms with van der Waals surface area (Å²) >= 11 is 1.58. The van der Waals surface area contributed by atoms with Gasteiger partial charge in [0.05, 0.1) is 31.0 Å². The van der Waals surface area contributed by atoms with E-state index in [1.165, 1.54) is 0 Å². The molecule has 0 saturated heterocycles. The number of hydrogen-bond donors (Lipinski definition) is 1. The van der Waals surface area contributed by atoms with Crippen LogP contribution in [0.2, 0.25) is 0 Å². The van der Waals surface area contributed by atoms with E-state index in [2.05, 4.69) is 15.3 Å². The Morgan fingerprint density at radius 3 is 2.82 bits per heavy atom. The number of carbonyl (C=O) groups excluding carboxylic acids is 2. The first-order chi connectivity index (χ1) is 10.7. The highest BCUT2D eigenvalue weighted by atomic mass is 32.1. The summed E-state index contributed by atoms with van der Waals surface area (Å²) in [5.41, 5.74) is 2.44. The highest BCUT2D eigenvalue weighted by molar-refractivity contribution is 7.08. The van der Waals surface area contributed by atoms with Gasteiger partial charge < -0.3 is 10.1 Å². The van der Waals surface area contributed by atoms with Crippen LogP contribution < -0.4 is 5.32 Å². The molecule has 0 aliphatic rings. The number of nitrogens with zero attached hydrogens (tertiary/aromatic N) is 2. The number of aromatic nitrogens is 2. The normalized spacial score (nSPS) is 10.2. The molecule has 7 heteroatoms. The van der Waals surface area contributed by atoms with Crippen molar-refractivity contribution in [2.24, 2.45) is 0 Å². The molecule has 22 heavy (non-hydrogen) atoms. The van der Waals surface area contributed by atoms with E-state index in [4.69, 9.17) is 4.74 Å². The molecule has 0 unspecified atom stereocenters. The van der Waals surface area contributed by atoms with Crippen LogP contribution in [0, 0.1) is 0 Å². The van der Waals surface area contributed by atoms with Crippen molar-refractivity contribution in [2.45, 2.75) is 26.3 Å². The van der Waals surface area contributed by atoms with Crippen LogP contribution in [0.5, 0.6) is 0 Å². The topological polar surface area (TPSA) is 81.2 Å². The average molecular weight is 319 g/mol. The second-order valence-corrected chi connectivity index (χ2v) is 5.23. The minimum absolute atomic E-state index is 0.0809. The van der Waals surface area contributed by atoms with Crippen molar-refractivity contribution in [3.05, 3.63) is 34.9 Å². The lowest BCUT2D eigenvalue weighted by atomic mass is 10.2. The van der Waals surface area contributed by atoms with E-state index in [1.807, 2.05) is 16.8 Å². The summed E-state index contributed by atoms with van der Waals surface area (Å²) in [5.74, 6) is -0.578. The van der Waals surface area contributed by atoms with Crippen LogP contribution in [0.3, 0.4) is 0 Å². The molecule has 0 saturated carbocycles. The lowest BCUT2D eigenvalue weighted by Gasteiger charge is -2.08. The summed E-state index contributed by atoms with van der Waals surface area (Å²) in [4.78, 5) is 31.5. The predicted octanol–water partition coefficient (Wildman–Crippen LogP) is 2.16. The van der Waals surface area contributed by atoms with E-state index < -0.39 is 0 Å². The Labute approximate surface area is 132 Å². The quantitative estimate of drug-likeness (QED) is 0.791. The standard InChI is InChI=1S/C15H17N3O3S/c1-2-21-14(20)4-3-13(19)18-9-12-15(17-7-6-16-12)11-5-8-22-10-11/h5-8,10H,2-4,9H2,1H3,(H,18,19). The monoisotopic (exact) mass is 319 g/mol. The Hall–Kier alpha value is -2.28. The molecule has 0 spiro atoms. The summed E-state index contributed by atoms with van der Waals surface area (Å²) < 4.78 is 4.78. The van der Waals surface area contributed by atoms with Crippen LogP contribution >= 0.6 is 11.3 Å². The minimum atomic E-state index is -0.365. The molecule has 6 nitrogen and oxygen atoms in total. The van der Waals surface area contributed by atoms with Gasteiger partial charge in [-0.15, -0.1) is 0 Å². The van der Waals surface area contributed by atoms with E-state index in [0.717, 1.165) is 11.3 Å². The Bertz CT molecular complexity index is 629. The zero-order chi connectivity index (χ0) is 15.8. The lowest BCUT2D eigenvalue weighted by molar-refractivity contribution is -0.144. The van der Waals surface area contributed by atoms with Crippen LogP contribution in [0.15, 0.2) is 29.2 Å². The van der Waals surface area contributed by atoms with Crippen molar-refractivity contribution in [3.8, 4) is 11.3 Å². The van der Waals surface area contributed by atoms with Crippen molar-refractivity contribution >= 4 is 23.2 Å².